The number of fused-ring (bicyclic) bond motifs is 1. The van der Waals surface area contributed by atoms with Gasteiger partial charge in [0, 0.05) is 10.4 Å². The summed E-state index contributed by atoms with van der Waals surface area (Å²) in [4.78, 5) is 39.2. The summed E-state index contributed by atoms with van der Waals surface area (Å²) in [6.45, 7) is 7.60. The number of Topliss-reactive ketones (excluding diaryl/α,β-unsaturated/α-hetero) is 1. The van der Waals surface area contributed by atoms with E-state index in [2.05, 4.69) is 31.4 Å². The van der Waals surface area contributed by atoms with Gasteiger partial charge in [-0.25, -0.2) is 0 Å². The number of aromatic nitrogens is 2. The highest BCUT2D eigenvalue weighted by molar-refractivity contribution is 9.10. The van der Waals surface area contributed by atoms with E-state index in [9.17, 15) is 14.4 Å². The monoisotopic (exact) mass is 450 g/mol. The standard InChI is InChI=1S/C18H19BrN4O3S/c1-5-12(15(25)20-18-22-21-16(27-18)8(2)3)23-13-9(4)6-10(19)7-11(13)14(24)17(23)26/h6-8,12H,5H2,1-4H3,(H,20,22,25). The van der Waals surface area contributed by atoms with Gasteiger partial charge in [0.2, 0.25) is 11.0 Å². The summed E-state index contributed by atoms with van der Waals surface area (Å²) in [7, 11) is 0. The van der Waals surface area contributed by atoms with E-state index >= 15 is 0 Å². The summed E-state index contributed by atoms with van der Waals surface area (Å²) in [6, 6.07) is 2.63. The summed E-state index contributed by atoms with van der Waals surface area (Å²) in [5.41, 5.74) is 1.56. The lowest BCUT2D eigenvalue weighted by molar-refractivity contribution is -0.121. The Morgan fingerprint density at radius 2 is 2.00 bits per heavy atom. The van der Waals surface area contributed by atoms with Crippen LogP contribution in [0.15, 0.2) is 16.6 Å². The minimum Gasteiger partial charge on any atom is -0.299 e. The van der Waals surface area contributed by atoms with Crippen LogP contribution in [0, 0.1) is 6.92 Å². The predicted molar refractivity (Wildman–Crippen MR) is 107 cm³/mol. The van der Waals surface area contributed by atoms with Crippen LogP contribution in [0.2, 0.25) is 0 Å². The molecule has 3 rings (SSSR count). The summed E-state index contributed by atoms with van der Waals surface area (Å²) >= 11 is 4.65. The highest BCUT2D eigenvalue weighted by Crippen LogP contribution is 2.37. The molecule has 0 saturated heterocycles. The molecular formula is C18H19BrN4O3S. The first-order chi connectivity index (χ1) is 12.7. The molecule has 1 N–H and O–H groups in total. The predicted octanol–water partition coefficient (Wildman–Crippen LogP) is 3.68. The molecule has 2 aromatic rings. The van der Waals surface area contributed by atoms with Gasteiger partial charge in [-0.3, -0.25) is 24.6 Å². The van der Waals surface area contributed by atoms with Gasteiger partial charge in [-0.1, -0.05) is 48.0 Å². The number of halogens is 1. The topological polar surface area (TPSA) is 92.3 Å². The van der Waals surface area contributed by atoms with Crippen molar-refractivity contribution >= 4 is 55.7 Å². The van der Waals surface area contributed by atoms with E-state index in [0.717, 1.165) is 10.6 Å². The molecule has 0 radical (unpaired) electrons. The Labute approximate surface area is 169 Å². The van der Waals surface area contributed by atoms with Crippen molar-refractivity contribution in [2.24, 2.45) is 0 Å². The number of nitrogens with zero attached hydrogens (tertiary/aromatic N) is 3. The first-order valence-electron chi connectivity index (χ1n) is 8.56. The Kier molecular flexibility index (Phi) is 5.43. The van der Waals surface area contributed by atoms with Crippen molar-refractivity contribution in [1.29, 1.82) is 0 Å². The number of carbonyl (C=O) groups is 3. The van der Waals surface area contributed by atoms with Gasteiger partial charge >= 0.3 is 0 Å². The van der Waals surface area contributed by atoms with Crippen molar-refractivity contribution in [2.75, 3.05) is 10.2 Å². The van der Waals surface area contributed by atoms with Gasteiger partial charge in [-0.15, -0.1) is 10.2 Å². The van der Waals surface area contributed by atoms with E-state index in [1.54, 1.807) is 13.0 Å². The fraction of sp³-hybridized carbons (Fsp3) is 0.389. The first-order valence-corrected chi connectivity index (χ1v) is 10.2. The largest absolute Gasteiger partial charge is 0.300 e. The van der Waals surface area contributed by atoms with E-state index in [0.29, 0.717) is 27.3 Å². The number of aryl methyl sites for hydroxylation is 1. The molecule has 142 valence electrons. The highest BCUT2D eigenvalue weighted by Gasteiger charge is 2.43. The third-order valence-electron chi connectivity index (χ3n) is 4.33. The SMILES string of the molecule is CCC(C(=O)Nc1nnc(C(C)C)s1)N1C(=O)C(=O)c2cc(Br)cc(C)c21. The number of benzene rings is 1. The number of hydrogen-bond acceptors (Lipinski definition) is 6. The molecule has 0 saturated carbocycles. The minimum atomic E-state index is -0.811. The molecule has 1 unspecified atom stereocenters. The Hall–Kier alpha value is -2.13. The molecule has 1 aromatic heterocycles. The molecule has 9 heteroatoms. The van der Waals surface area contributed by atoms with Crippen molar-refractivity contribution in [3.63, 3.8) is 0 Å². The van der Waals surface area contributed by atoms with Gasteiger partial charge < -0.3 is 0 Å². The number of carbonyl (C=O) groups excluding carboxylic acids is 3. The molecule has 0 spiro atoms. The van der Waals surface area contributed by atoms with Crippen LogP contribution < -0.4 is 10.2 Å². The number of nitrogens with one attached hydrogen (secondary N) is 1. The lowest BCUT2D eigenvalue weighted by atomic mass is 10.1. The van der Waals surface area contributed by atoms with E-state index in [1.807, 2.05) is 26.8 Å². The molecule has 0 aliphatic carbocycles. The van der Waals surface area contributed by atoms with Gasteiger partial charge in [0.15, 0.2) is 0 Å². The zero-order valence-electron chi connectivity index (χ0n) is 15.4. The zero-order chi connectivity index (χ0) is 19.9. The van der Waals surface area contributed by atoms with E-state index in [1.165, 1.54) is 16.2 Å². The van der Waals surface area contributed by atoms with E-state index in [-0.39, 0.29) is 11.8 Å². The van der Waals surface area contributed by atoms with Gasteiger partial charge in [-0.05, 0) is 31.0 Å². The fourth-order valence-electron chi connectivity index (χ4n) is 3.04. The number of anilines is 2. The number of ketones is 1. The molecule has 7 nitrogen and oxygen atoms in total. The summed E-state index contributed by atoms with van der Waals surface area (Å²) in [5.74, 6) is -1.46. The number of hydrogen-bond donors (Lipinski definition) is 1. The maximum Gasteiger partial charge on any atom is 0.300 e. The first kappa shape index (κ1) is 19.6. The second-order valence-corrected chi connectivity index (χ2v) is 8.56. The number of rotatable bonds is 5. The molecule has 1 aromatic carbocycles. The van der Waals surface area contributed by atoms with Crippen molar-refractivity contribution in [1.82, 2.24) is 10.2 Å². The van der Waals surface area contributed by atoms with Gasteiger partial charge in [-0.2, -0.15) is 0 Å². The molecule has 1 atom stereocenters. The van der Waals surface area contributed by atoms with Crippen LogP contribution in [0.25, 0.3) is 0 Å². The minimum absolute atomic E-state index is 0.209. The third kappa shape index (κ3) is 3.53. The molecule has 1 aliphatic rings. The smallest absolute Gasteiger partial charge is 0.299 e. The van der Waals surface area contributed by atoms with Gasteiger partial charge in [0.05, 0.1) is 11.3 Å². The Morgan fingerprint density at radius 3 is 2.59 bits per heavy atom. The van der Waals surface area contributed by atoms with Crippen molar-refractivity contribution in [2.45, 2.75) is 46.1 Å². The molecular weight excluding hydrogens is 432 g/mol. The van der Waals surface area contributed by atoms with E-state index < -0.39 is 17.7 Å². The van der Waals surface area contributed by atoms with Crippen molar-refractivity contribution in [3.05, 3.63) is 32.7 Å². The van der Waals surface area contributed by atoms with Crippen molar-refractivity contribution in [3.8, 4) is 0 Å². The molecule has 2 amide bonds. The molecule has 0 bridgehead atoms. The molecule has 2 heterocycles. The lowest BCUT2D eigenvalue weighted by Gasteiger charge is -2.26. The third-order valence-corrected chi connectivity index (χ3v) is 5.93. The van der Waals surface area contributed by atoms with Crippen LogP contribution >= 0.6 is 27.3 Å². The maximum atomic E-state index is 12.9. The maximum absolute atomic E-state index is 12.9. The van der Waals surface area contributed by atoms with Crippen LogP contribution in [0.3, 0.4) is 0 Å². The van der Waals surface area contributed by atoms with Crippen LogP contribution in [0.5, 0.6) is 0 Å². The quantitative estimate of drug-likeness (QED) is 0.701. The second kappa shape index (κ2) is 7.47. The fourth-order valence-corrected chi connectivity index (χ4v) is 4.37. The Bertz CT molecular complexity index is 941. The van der Waals surface area contributed by atoms with Gasteiger partial charge in [0.1, 0.15) is 11.0 Å². The van der Waals surface area contributed by atoms with Crippen LogP contribution in [-0.2, 0) is 9.59 Å². The Morgan fingerprint density at radius 1 is 1.30 bits per heavy atom. The summed E-state index contributed by atoms with van der Waals surface area (Å²) in [5, 5.41) is 12.0. The van der Waals surface area contributed by atoms with Crippen LogP contribution in [0.4, 0.5) is 10.8 Å². The van der Waals surface area contributed by atoms with Crippen molar-refractivity contribution < 1.29 is 14.4 Å². The average molecular weight is 451 g/mol. The van der Waals surface area contributed by atoms with Crippen LogP contribution in [-0.4, -0.2) is 33.8 Å². The average Bonchev–Trinajstić information content (AvgIpc) is 3.15. The normalized spacial score (nSPS) is 14.7. The molecule has 0 fully saturated rings. The summed E-state index contributed by atoms with van der Waals surface area (Å²) in [6.07, 6.45) is 0.357. The second-order valence-electron chi connectivity index (χ2n) is 6.64. The Balaban J connectivity index is 1.92. The molecule has 27 heavy (non-hydrogen) atoms. The molecule has 1 aliphatic heterocycles. The van der Waals surface area contributed by atoms with Gasteiger partial charge in [0.25, 0.3) is 11.7 Å². The lowest BCUT2D eigenvalue weighted by Crippen LogP contribution is -2.46. The highest BCUT2D eigenvalue weighted by atomic mass is 79.9. The summed E-state index contributed by atoms with van der Waals surface area (Å²) < 4.78 is 0.717. The zero-order valence-corrected chi connectivity index (χ0v) is 17.8. The van der Waals surface area contributed by atoms with Crippen LogP contribution in [0.1, 0.15) is 54.0 Å². The number of amides is 2. The van der Waals surface area contributed by atoms with E-state index in [4.69, 9.17) is 0 Å².